The Morgan fingerprint density at radius 3 is 1.15 bits per heavy atom. The van der Waals surface area contributed by atoms with Crippen LogP contribution in [-0.4, -0.2) is 74.3 Å². The zero-order valence-electron chi connectivity index (χ0n) is 50.1. The number of nitrogens with one attached hydrogen (secondary N) is 1. The molecule has 0 saturated heterocycles. The molecule has 0 aliphatic heterocycles. The number of amides is 1. The summed E-state index contributed by atoms with van der Waals surface area (Å²) in [7, 11) is 1.51. The van der Waals surface area contributed by atoms with Gasteiger partial charge in [-0.2, -0.15) is 0 Å². The lowest BCUT2D eigenvalue weighted by Gasteiger charge is -2.27. The number of phosphoric ester groups is 1. The number of hydrogen-bond acceptors (Lipinski definition) is 6. The van der Waals surface area contributed by atoms with Gasteiger partial charge in [-0.3, -0.25) is 18.6 Å². The third-order valence-corrected chi connectivity index (χ3v) is 15.6. The highest BCUT2D eigenvalue weighted by Gasteiger charge is 2.30. The summed E-state index contributed by atoms with van der Waals surface area (Å²) in [5.74, 6) is -0.492. The fraction of sp³-hybridized carbons (Fsp3) is 0.906. The van der Waals surface area contributed by atoms with E-state index in [1.807, 2.05) is 33.3 Å². The minimum Gasteiger partial charge on any atom is -0.456 e. The summed E-state index contributed by atoms with van der Waals surface area (Å²) in [6.07, 6.45) is 64.6. The van der Waals surface area contributed by atoms with Gasteiger partial charge in [-0.25, -0.2) is 4.57 Å². The average Bonchev–Trinajstić information content (AvgIpc) is 3.36. The molecule has 0 fully saturated rings. The van der Waals surface area contributed by atoms with Gasteiger partial charge in [-0.15, -0.1) is 0 Å². The predicted octanol–water partition coefficient (Wildman–Crippen LogP) is 19.7. The van der Waals surface area contributed by atoms with Gasteiger partial charge in [0, 0.05) is 12.8 Å². The molecular weight excluding hydrogens is 940 g/mol. The van der Waals surface area contributed by atoms with E-state index in [1.54, 1.807) is 0 Å². The predicted molar refractivity (Wildman–Crippen MR) is 319 cm³/mol. The number of likely N-dealkylation sites (N-methyl/N-ethyl adjacent to an activating group) is 1. The molecule has 0 aromatic heterocycles. The zero-order chi connectivity index (χ0) is 54.3. The van der Waals surface area contributed by atoms with Crippen molar-refractivity contribution in [3.8, 4) is 0 Å². The van der Waals surface area contributed by atoms with Crippen molar-refractivity contribution >= 4 is 19.7 Å². The number of carbonyl (C=O) groups is 2. The minimum absolute atomic E-state index is 0.0429. The molecule has 74 heavy (non-hydrogen) atoms. The summed E-state index contributed by atoms with van der Waals surface area (Å²) in [5.41, 5.74) is 0. The fourth-order valence-electron chi connectivity index (χ4n) is 9.64. The molecule has 0 aromatic rings. The maximum absolute atomic E-state index is 13.5. The SMILES string of the molecule is CCCCCCCC/C=C/CCCCCCCCCC(=O)NC(COP(=O)(O)OCC[N+](C)(C)C)C(/C=C/CCCCCCCCCCCC)OC(=O)CCCCCCCCCCCCCCCCCCCCC. The van der Waals surface area contributed by atoms with E-state index in [4.69, 9.17) is 13.8 Å². The van der Waals surface area contributed by atoms with E-state index >= 15 is 0 Å². The lowest BCUT2D eigenvalue weighted by atomic mass is 10.0. The van der Waals surface area contributed by atoms with Crippen molar-refractivity contribution in [3.63, 3.8) is 0 Å². The summed E-state index contributed by atoms with van der Waals surface area (Å²) in [6.45, 7) is 7.05. The van der Waals surface area contributed by atoms with Gasteiger partial charge in [0.05, 0.1) is 33.8 Å². The molecule has 0 rings (SSSR count). The first kappa shape index (κ1) is 72.5. The van der Waals surface area contributed by atoms with E-state index in [9.17, 15) is 19.0 Å². The summed E-state index contributed by atoms with van der Waals surface area (Å²) in [6, 6.07) is -0.845. The second kappa shape index (κ2) is 54.8. The van der Waals surface area contributed by atoms with Gasteiger partial charge in [-0.1, -0.05) is 277 Å². The Balaban J connectivity index is 5.19. The standard InChI is InChI=1S/C64H125N2O7P/c1-7-10-13-16-19-22-25-28-30-32-33-35-37-39-42-45-48-51-54-57-64(68)73-62(55-52-49-46-43-40-27-24-21-18-15-12-9-3)61(60-72-74(69,70)71-59-58-66(4,5)6)65-63(67)56-53-50-47-44-41-38-36-34-31-29-26-23-20-17-14-11-8-2/h29,31,52,55,61-62H,7-28,30,32-51,53-54,56-60H2,1-6H3,(H-,65,67,69,70)/p+1/b31-29+,55-52+. The van der Waals surface area contributed by atoms with Crippen LogP contribution in [0.3, 0.4) is 0 Å². The Labute approximate surface area is 460 Å². The molecule has 438 valence electrons. The molecular formula is C64H126N2O7P+. The molecule has 0 radical (unpaired) electrons. The van der Waals surface area contributed by atoms with E-state index in [-0.39, 0.29) is 25.1 Å². The van der Waals surface area contributed by atoms with Crippen molar-refractivity contribution in [3.05, 3.63) is 24.3 Å². The Morgan fingerprint density at radius 1 is 0.459 bits per heavy atom. The Bertz CT molecular complexity index is 1320. The molecule has 9 nitrogen and oxygen atoms in total. The molecule has 0 spiro atoms. The molecule has 0 saturated carbocycles. The summed E-state index contributed by atoms with van der Waals surface area (Å²) >= 11 is 0. The van der Waals surface area contributed by atoms with Crippen LogP contribution in [0.1, 0.15) is 323 Å². The second-order valence-corrected chi connectivity index (χ2v) is 24.7. The van der Waals surface area contributed by atoms with Crippen LogP contribution in [0.2, 0.25) is 0 Å². The highest BCUT2D eigenvalue weighted by atomic mass is 31.2. The van der Waals surface area contributed by atoms with Crippen LogP contribution < -0.4 is 5.32 Å². The molecule has 0 aromatic carbocycles. The Hall–Kier alpha value is -1.51. The largest absolute Gasteiger partial charge is 0.472 e. The number of hydrogen-bond donors (Lipinski definition) is 2. The summed E-state index contributed by atoms with van der Waals surface area (Å²) in [5, 5.41) is 3.06. The van der Waals surface area contributed by atoms with Crippen molar-refractivity contribution in [2.75, 3.05) is 40.9 Å². The summed E-state index contributed by atoms with van der Waals surface area (Å²) < 4.78 is 30.7. The van der Waals surface area contributed by atoms with E-state index in [0.717, 1.165) is 57.8 Å². The van der Waals surface area contributed by atoms with Crippen LogP contribution in [0.4, 0.5) is 0 Å². The maximum Gasteiger partial charge on any atom is 0.472 e. The lowest BCUT2D eigenvalue weighted by molar-refractivity contribution is -0.870. The zero-order valence-corrected chi connectivity index (χ0v) is 51.0. The van der Waals surface area contributed by atoms with E-state index in [1.165, 1.54) is 231 Å². The van der Waals surface area contributed by atoms with Gasteiger partial charge >= 0.3 is 13.8 Å². The number of quaternary nitrogens is 1. The van der Waals surface area contributed by atoms with Gasteiger partial charge < -0.3 is 19.4 Å². The number of allylic oxidation sites excluding steroid dienone is 3. The van der Waals surface area contributed by atoms with Gasteiger partial charge in [0.2, 0.25) is 5.91 Å². The number of esters is 1. The fourth-order valence-corrected chi connectivity index (χ4v) is 10.4. The van der Waals surface area contributed by atoms with Crippen molar-refractivity contribution < 1.29 is 37.3 Å². The first-order valence-electron chi connectivity index (χ1n) is 32.2. The smallest absolute Gasteiger partial charge is 0.456 e. The lowest BCUT2D eigenvalue weighted by Crippen LogP contribution is -2.47. The van der Waals surface area contributed by atoms with Crippen LogP contribution >= 0.6 is 7.82 Å². The highest BCUT2D eigenvalue weighted by molar-refractivity contribution is 7.47. The Morgan fingerprint density at radius 2 is 0.784 bits per heavy atom. The monoisotopic (exact) mass is 1070 g/mol. The first-order chi connectivity index (χ1) is 35.9. The normalized spacial score (nSPS) is 13.8. The maximum atomic E-state index is 13.5. The molecule has 1 amide bonds. The number of unbranched alkanes of at least 4 members (excludes halogenated alkanes) is 41. The van der Waals surface area contributed by atoms with Crippen LogP contribution in [0.25, 0.3) is 0 Å². The van der Waals surface area contributed by atoms with Crippen molar-refractivity contribution in [2.24, 2.45) is 0 Å². The second-order valence-electron chi connectivity index (χ2n) is 23.3. The topological polar surface area (TPSA) is 111 Å². The molecule has 0 bridgehead atoms. The number of carbonyl (C=O) groups excluding carboxylic acids is 2. The number of phosphoric acid groups is 1. The molecule has 0 heterocycles. The van der Waals surface area contributed by atoms with E-state index in [0.29, 0.717) is 23.9 Å². The van der Waals surface area contributed by atoms with Crippen LogP contribution in [0.5, 0.6) is 0 Å². The molecule has 0 aliphatic carbocycles. The van der Waals surface area contributed by atoms with Crippen LogP contribution in [-0.2, 0) is 27.9 Å². The molecule has 10 heteroatoms. The molecule has 3 atom stereocenters. The highest BCUT2D eigenvalue weighted by Crippen LogP contribution is 2.43. The van der Waals surface area contributed by atoms with E-state index in [2.05, 4.69) is 38.2 Å². The minimum atomic E-state index is -4.44. The quantitative estimate of drug-likeness (QED) is 0.0205. The van der Waals surface area contributed by atoms with Gasteiger partial charge in [-0.05, 0) is 57.4 Å². The van der Waals surface area contributed by atoms with Crippen LogP contribution in [0.15, 0.2) is 24.3 Å². The first-order valence-corrected chi connectivity index (χ1v) is 33.7. The Kier molecular flexibility index (Phi) is 53.7. The number of ether oxygens (including phenoxy) is 1. The van der Waals surface area contributed by atoms with Crippen molar-refractivity contribution in [1.29, 1.82) is 0 Å². The van der Waals surface area contributed by atoms with Crippen molar-refractivity contribution in [2.45, 2.75) is 335 Å². The van der Waals surface area contributed by atoms with Crippen LogP contribution in [0, 0.1) is 0 Å². The van der Waals surface area contributed by atoms with Gasteiger partial charge in [0.15, 0.2) is 0 Å². The van der Waals surface area contributed by atoms with Crippen molar-refractivity contribution in [1.82, 2.24) is 5.32 Å². The average molecular weight is 1070 g/mol. The number of nitrogens with zero attached hydrogens (tertiary/aromatic N) is 1. The molecule has 0 aliphatic rings. The van der Waals surface area contributed by atoms with Gasteiger partial charge in [0.25, 0.3) is 0 Å². The van der Waals surface area contributed by atoms with Gasteiger partial charge in [0.1, 0.15) is 19.3 Å². The third-order valence-electron chi connectivity index (χ3n) is 14.6. The summed E-state index contributed by atoms with van der Waals surface area (Å²) in [4.78, 5) is 37.7. The van der Waals surface area contributed by atoms with E-state index < -0.39 is 20.0 Å². The third kappa shape index (κ3) is 55.3. The number of rotatable bonds is 59. The molecule has 3 unspecified atom stereocenters. The molecule has 2 N–H and O–H groups in total.